The van der Waals surface area contributed by atoms with Crippen LogP contribution in [-0.4, -0.2) is 21.4 Å². The highest BCUT2D eigenvalue weighted by atomic mass is 16.4. The molecule has 0 aromatic carbocycles. The topological polar surface area (TPSA) is 71.5 Å². The van der Waals surface area contributed by atoms with Crippen molar-refractivity contribution in [1.29, 1.82) is 0 Å². The Labute approximate surface area is 105 Å². The summed E-state index contributed by atoms with van der Waals surface area (Å²) in [4.78, 5) is 8.23. The van der Waals surface area contributed by atoms with Gasteiger partial charge in [-0.3, -0.25) is 4.98 Å². The first kappa shape index (κ1) is 12.3. The van der Waals surface area contributed by atoms with Gasteiger partial charge >= 0.3 is 0 Å². The molecule has 0 aliphatic carbocycles. The highest BCUT2D eigenvalue weighted by Gasteiger charge is 2.02. The molecule has 2 rings (SSSR count). The summed E-state index contributed by atoms with van der Waals surface area (Å²) in [5.41, 5.74) is 1.79. The van der Waals surface area contributed by atoms with Gasteiger partial charge in [0.05, 0.1) is 6.21 Å². The van der Waals surface area contributed by atoms with Gasteiger partial charge in [0, 0.05) is 18.8 Å². The highest BCUT2D eigenvalue weighted by molar-refractivity contribution is 5.75. The molecule has 5 nitrogen and oxygen atoms in total. The Morgan fingerprint density at radius 2 is 2.22 bits per heavy atom. The van der Waals surface area contributed by atoms with E-state index in [0.29, 0.717) is 11.6 Å². The fraction of sp³-hybridized carbons (Fsp3) is 0.308. The molecule has 0 aliphatic rings. The molecule has 0 bridgehead atoms. The normalized spacial score (nSPS) is 11.1. The van der Waals surface area contributed by atoms with Crippen LogP contribution in [0.3, 0.4) is 0 Å². The van der Waals surface area contributed by atoms with Gasteiger partial charge in [-0.15, -0.1) is 0 Å². The highest BCUT2D eigenvalue weighted by Crippen LogP contribution is 2.08. The first-order valence-corrected chi connectivity index (χ1v) is 5.89. The van der Waals surface area contributed by atoms with E-state index < -0.39 is 0 Å². The van der Waals surface area contributed by atoms with Crippen molar-refractivity contribution in [3.8, 4) is 0 Å². The second kappa shape index (κ2) is 6.54. The van der Waals surface area contributed by atoms with Crippen LogP contribution in [0.4, 0.5) is 0 Å². The molecule has 2 heterocycles. The summed E-state index contributed by atoms with van der Waals surface area (Å²) < 4.78 is 5.24. The average molecular weight is 245 g/mol. The van der Waals surface area contributed by atoms with Gasteiger partial charge in [-0.1, -0.05) is 11.2 Å². The fourth-order valence-electron chi connectivity index (χ4n) is 1.71. The lowest BCUT2D eigenvalue weighted by Crippen LogP contribution is -1.91. The van der Waals surface area contributed by atoms with Crippen molar-refractivity contribution in [1.82, 2.24) is 9.97 Å². The summed E-state index contributed by atoms with van der Waals surface area (Å²) in [7, 11) is 0. The SMILES string of the molecule is O/N=C\c1coc(CCCCc2cccnc2)n1. The van der Waals surface area contributed by atoms with Crippen LogP contribution in [0.5, 0.6) is 0 Å². The van der Waals surface area contributed by atoms with E-state index in [-0.39, 0.29) is 0 Å². The van der Waals surface area contributed by atoms with Crippen LogP contribution in [0.25, 0.3) is 0 Å². The van der Waals surface area contributed by atoms with Crippen molar-refractivity contribution in [3.63, 3.8) is 0 Å². The van der Waals surface area contributed by atoms with Crippen molar-refractivity contribution in [3.05, 3.63) is 47.9 Å². The van der Waals surface area contributed by atoms with Crippen molar-refractivity contribution in [2.75, 3.05) is 0 Å². The van der Waals surface area contributed by atoms with Gasteiger partial charge in [0.1, 0.15) is 12.0 Å². The third-order valence-electron chi connectivity index (χ3n) is 2.59. The summed E-state index contributed by atoms with van der Waals surface area (Å²) in [5, 5.41) is 11.3. The van der Waals surface area contributed by atoms with Gasteiger partial charge in [-0.05, 0) is 30.9 Å². The molecule has 0 amide bonds. The lowest BCUT2D eigenvalue weighted by molar-refractivity contribution is 0.321. The van der Waals surface area contributed by atoms with Gasteiger partial charge in [0.15, 0.2) is 5.89 Å². The molecule has 0 radical (unpaired) electrons. The molecule has 0 unspecified atom stereocenters. The fourth-order valence-corrected chi connectivity index (χ4v) is 1.71. The minimum absolute atomic E-state index is 0.541. The number of oxime groups is 1. The molecular weight excluding hydrogens is 230 g/mol. The first-order chi connectivity index (χ1) is 8.88. The molecule has 2 aromatic rings. The predicted octanol–water partition coefficient (Wildman–Crippen LogP) is 2.44. The van der Waals surface area contributed by atoms with Gasteiger partial charge in [-0.2, -0.15) is 0 Å². The largest absolute Gasteiger partial charge is 0.448 e. The van der Waals surface area contributed by atoms with Crippen molar-refractivity contribution >= 4 is 6.21 Å². The molecule has 1 N–H and O–H groups in total. The number of aryl methyl sites for hydroxylation is 2. The monoisotopic (exact) mass is 245 g/mol. The van der Waals surface area contributed by atoms with E-state index in [1.54, 1.807) is 6.20 Å². The van der Waals surface area contributed by atoms with E-state index in [9.17, 15) is 0 Å². The van der Waals surface area contributed by atoms with Crippen LogP contribution in [0.2, 0.25) is 0 Å². The number of hydrogen-bond acceptors (Lipinski definition) is 5. The number of oxazole rings is 1. The molecule has 0 aliphatic heterocycles. The lowest BCUT2D eigenvalue weighted by atomic mass is 10.1. The smallest absolute Gasteiger partial charge is 0.194 e. The maximum Gasteiger partial charge on any atom is 0.194 e. The molecule has 2 aromatic heterocycles. The Hall–Kier alpha value is -2.17. The Morgan fingerprint density at radius 3 is 3.00 bits per heavy atom. The molecule has 0 fully saturated rings. The zero-order valence-electron chi connectivity index (χ0n) is 9.99. The van der Waals surface area contributed by atoms with E-state index in [0.717, 1.165) is 25.7 Å². The summed E-state index contributed by atoms with van der Waals surface area (Å²) in [6, 6.07) is 4.03. The molecule has 94 valence electrons. The van der Waals surface area contributed by atoms with Crippen LogP contribution >= 0.6 is 0 Å². The number of aromatic nitrogens is 2. The van der Waals surface area contributed by atoms with Gasteiger partial charge < -0.3 is 9.62 Å². The number of unbranched alkanes of at least 4 members (excludes halogenated alkanes) is 1. The third-order valence-corrected chi connectivity index (χ3v) is 2.59. The minimum atomic E-state index is 0.541. The maximum absolute atomic E-state index is 8.35. The molecule has 5 heteroatoms. The van der Waals surface area contributed by atoms with Gasteiger partial charge in [-0.25, -0.2) is 4.98 Å². The van der Waals surface area contributed by atoms with E-state index in [2.05, 4.69) is 21.2 Å². The van der Waals surface area contributed by atoms with E-state index >= 15 is 0 Å². The third kappa shape index (κ3) is 3.69. The lowest BCUT2D eigenvalue weighted by Gasteiger charge is -1.99. The van der Waals surface area contributed by atoms with E-state index in [1.807, 2.05) is 12.3 Å². The van der Waals surface area contributed by atoms with Crippen LogP contribution in [0.15, 0.2) is 40.4 Å². The van der Waals surface area contributed by atoms with Crippen molar-refractivity contribution < 1.29 is 9.62 Å². The molecule has 0 spiro atoms. The summed E-state index contributed by atoms with van der Waals surface area (Å²) >= 11 is 0. The zero-order chi connectivity index (χ0) is 12.6. The Morgan fingerprint density at radius 1 is 1.33 bits per heavy atom. The Kier molecular flexibility index (Phi) is 4.46. The number of pyridine rings is 1. The zero-order valence-corrected chi connectivity index (χ0v) is 9.99. The standard InChI is InChI=1S/C13H15N3O2/c17-15-9-12-10-18-13(16-12)6-2-1-4-11-5-3-7-14-8-11/h3,5,7-10,17H,1-2,4,6H2/b15-9-. The minimum Gasteiger partial charge on any atom is -0.448 e. The van der Waals surface area contributed by atoms with Crippen molar-refractivity contribution in [2.45, 2.75) is 25.7 Å². The van der Waals surface area contributed by atoms with Crippen LogP contribution < -0.4 is 0 Å². The van der Waals surface area contributed by atoms with E-state index in [4.69, 9.17) is 9.62 Å². The second-order valence-corrected chi connectivity index (χ2v) is 3.98. The van der Waals surface area contributed by atoms with Crippen LogP contribution in [0.1, 0.15) is 30.0 Å². The quantitative estimate of drug-likeness (QED) is 0.367. The van der Waals surface area contributed by atoms with Crippen LogP contribution in [0, 0.1) is 0 Å². The molecule has 0 saturated heterocycles. The number of rotatable bonds is 6. The van der Waals surface area contributed by atoms with Crippen molar-refractivity contribution in [2.24, 2.45) is 5.16 Å². The Bertz CT molecular complexity index is 494. The van der Waals surface area contributed by atoms with Gasteiger partial charge in [0.2, 0.25) is 0 Å². The second-order valence-electron chi connectivity index (χ2n) is 3.98. The van der Waals surface area contributed by atoms with Gasteiger partial charge in [0.25, 0.3) is 0 Å². The summed E-state index contributed by atoms with van der Waals surface area (Å²) in [6.07, 6.45) is 10.3. The first-order valence-electron chi connectivity index (χ1n) is 5.89. The summed E-state index contributed by atoms with van der Waals surface area (Å²) in [5.74, 6) is 0.677. The molecule has 0 saturated carbocycles. The number of nitrogens with zero attached hydrogens (tertiary/aromatic N) is 3. The Balaban J connectivity index is 1.72. The molecule has 18 heavy (non-hydrogen) atoms. The number of hydrogen-bond donors (Lipinski definition) is 1. The average Bonchev–Trinajstić information content (AvgIpc) is 2.84. The van der Waals surface area contributed by atoms with E-state index in [1.165, 1.54) is 18.0 Å². The summed E-state index contributed by atoms with van der Waals surface area (Å²) in [6.45, 7) is 0. The predicted molar refractivity (Wildman–Crippen MR) is 66.8 cm³/mol. The van der Waals surface area contributed by atoms with Crippen LogP contribution in [-0.2, 0) is 12.8 Å². The molecular formula is C13H15N3O2. The molecule has 0 atom stereocenters. The maximum atomic E-state index is 8.35.